The second kappa shape index (κ2) is 6.01. The second-order valence-electron chi connectivity index (χ2n) is 5.39. The molecular formula is C16H19N5O. The number of aryl methyl sites for hydroxylation is 1. The van der Waals surface area contributed by atoms with Gasteiger partial charge in [0.1, 0.15) is 11.6 Å². The molecule has 1 N–H and O–H groups in total. The van der Waals surface area contributed by atoms with Gasteiger partial charge in [-0.25, -0.2) is 14.8 Å². The first-order valence-electron chi connectivity index (χ1n) is 7.28. The smallest absolute Gasteiger partial charge is 0.323 e. The maximum absolute atomic E-state index is 12.5. The molecule has 0 saturated heterocycles. The van der Waals surface area contributed by atoms with Crippen molar-refractivity contribution < 1.29 is 4.79 Å². The standard InChI is InChI=1S/C16H19N5O/c1-12-17-8-7-15(18-12)19-16(22)21-10-9-20(2)14-6-4-3-5-13(14)11-21/h3-8H,9-11H2,1-2H3,(H,17,18,19,22). The number of hydrogen-bond donors (Lipinski definition) is 1. The first-order valence-corrected chi connectivity index (χ1v) is 7.28. The second-order valence-corrected chi connectivity index (χ2v) is 5.39. The molecule has 114 valence electrons. The molecule has 0 atom stereocenters. The van der Waals surface area contributed by atoms with Gasteiger partial charge in [0, 0.05) is 38.6 Å². The van der Waals surface area contributed by atoms with Crippen molar-refractivity contribution in [2.45, 2.75) is 13.5 Å². The lowest BCUT2D eigenvalue weighted by Gasteiger charge is -2.21. The van der Waals surface area contributed by atoms with Gasteiger partial charge in [-0.05, 0) is 24.6 Å². The van der Waals surface area contributed by atoms with E-state index in [9.17, 15) is 4.79 Å². The van der Waals surface area contributed by atoms with Crippen LogP contribution >= 0.6 is 0 Å². The average Bonchev–Trinajstić information content (AvgIpc) is 2.67. The summed E-state index contributed by atoms with van der Waals surface area (Å²) in [6, 6.07) is 9.74. The zero-order valence-electron chi connectivity index (χ0n) is 12.8. The lowest BCUT2D eigenvalue weighted by Crippen LogP contribution is -2.37. The first kappa shape index (κ1) is 14.3. The van der Waals surface area contributed by atoms with Gasteiger partial charge in [-0.1, -0.05) is 18.2 Å². The number of para-hydroxylation sites is 1. The van der Waals surface area contributed by atoms with Crippen LogP contribution in [0.1, 0.15) is 11.4 Å². The van der Waals surface area contributed by atoms with Gasteiger partial charge in [-0.15, -0.1) is 0 Å². The predicted molar refractivity (Wildman–Crippen MR) is 85.9 cm³/mol. The van der Waals surface area contributed by atoms with Crippen LogP contribution in [-0.2, 0) is 6.54 Å². The van der Waals surface area contributed by atoms with Crippen molar-refractivity contribution in [3.8, 4) is 0 Å². The Morgan fingerprint density at radius 1 is 1.23 bits per heavy atom. The van der Waals surface area contributed by atoms with Gasteiger partial charge < -0.3 is 9.80 Å². The van der Waals surface area contributed by atoms with E-state index < -0.39 is 0 Å². The average molecular weight is 297 g/mol. The van der Waals surface area contributed by atoms with Crippen molar-refractivity contribution >= 4 is 17.5 Å². The van der Waals surface area contributed by atoms with E-state index in [0.717, 1.165) is 12.1 Å². The maximum atomic E-state index is 12.5. The molecule has 0 aliphatic carbocycles. The summed E-state index contributed by atoms with van der Waals surface area (Å²) in [6.45, 7) is 3.86. The molecule has 1 aromatic carbocycles. The van der Waals surface area contributed by atoms with Crippen LogP contribution in [0.25, 0.3) is 0 Å². The number of aromatic nitrogens is 2. The zero-order valence-corrected chi connectivity index (χ0v) is 12.8. The van der Waals surface area contributed by atoms with Crippen LogP contribution in [0.5, 0.6) is 0 Å². The normalized spacial score (nSPS) is 14.3. The van der Waals surface area contributed by atoms with Gasteiger partial charge in [0.15, 0.2) is 0 Å². The van der Waals surface area contributed by atoms with E-state index in [4.69, 9.17) is 0 Å². The Labute approximate surface area is 129 Å². The Morgan fingerprint density at radius 3 is 2.86 bits per heavy atom. The summed E-state index contributed by atoms with van der Waals surface area (Å²) in [7, 11) is 2.05. The first-order chi connectivity index (χ1) is 10.6. The van der Waals surface area contributed by atoms with Crippen molar-refractivity contribution in [1.82, 2.24) is 14.9 Å². The highest BCUT2D eigenvalue weighted by atomic mass is 16.2. The number of anilines is 2. The number of carbonyl (C=O) groups excluding carboxylic acids is 1. The Kier molecular flexibility index (Phi) is 3.91. The van der Waals surface area contributed by atoms with Gasteiger partial charge in [-0.3, -0.25) is 5.32 Å². The van der Waals surface area contributed by atoms with E-state index in [-0.39, 0.29) is 6.03 Å². The summed E-state index contributed by atoms with van der Waals surface area (Å²) in [5, 5.41) is 2.84. The number of urea groups is 1. The molecule has 22 heavy (non-hydrogen) atoms. The van der Waals surface area contributed by atoms with Crippen LogP contribution in [0.15, 0.2) is 36.5 Å². The minimum absolute atomic E-state index is 0.136. The Balaban J connectivity index is 1.76. The fourth-order valence-corrected chi connectivity index (χ4v) is 2.58. The van der Waals surface area contributed by atoms with Crippen LogP contribution in [0.2, 0.25) is 0 Å². The number of nitrogens with zero attached hydrogens (tertiary/aromatic N) is 4. The van der Waals surface area contributed by atoms with Crippen molar-refractivity contribution in [2.75, 3.05) is 30.4 Å². The van der Waals surface area contributed by atoms with Crippen LogP contribution in [-0.4, -0.2) is 41.0 Å². The van der Waals surface area contributed by atoms with E-state index >= 15 is 0 Å². The van der Waals surface area contributed by atoms with Crippen LogP contribution < -0.4 is 10.2 Å². The molecule has 0 radical (unpaired) electrons. The molecule has 0 spiro atoms. The lowest BCUT2D eigenvalue weighted by atomic mass is 10.1. The zero-order chi connectivity index (χ0) is 15.5. The highest BCUT2D eigenvalue weighted by Crippen LogP contribution is 2.23. The molecule has 0 fully saturated rings. The van der Waals surface area contributed by atoms with Gasteiger partial charge in [0.2, 0.25) is 0 Å². The van der Waals surface area contributed by atoms with Crippen LogP contribution in [0, 0.1) is 6.92 Å². The molecule has 1 aliphatic heterocycles. The van der Waals surface area contributed by atoms with E-state index in [2.05, 4.69) is 32.3 Å². The van der Waals surface area contributed by atoms with Gasteiger partial charge in [-0.2, -0.15) is 0 Å². The van der Waals surface area contributed by atoms with E-state index in [1.807, 2.05) is 19.2 Å². The van der Waals surface area contributed by atoms with E-state index in [1.165, 1.54) is 5.69 Å². The van der Waals surface area contributed by atoms with Gasteiger partial charge in [0.25, 0.3) is 0 Å². The number of fused-ring (bicyclic) bond motifs is 1. The highest BCUT2D eigenvalue weighted by molar-refractivity contribution is 5.88. The van der Waals surface area contributed by atoms with Crippen molar-refractivity contribution in [3.05, 3.63) is 47.9 Å². The Bertz CT molecular complexity index is 688. The largest absolute Gasteiger partial charge is 0.373 e. The predicted octanol–water partition coefficient (Wildman–Crippen LogP) is 2.27. The fourth-order valence-electron chi connectivity index (χ4n) is 2.58. The number of hydrogen-bond acceptors (Lipinski definition) is 4. The van der Waals surface area contributed by atoms with Gasteiger partial charge in [0.05, 0.1) is 0 Å². The third-order valence-corrected chi connectivity index (χ3v) is 3.77. The number of rotatable bonds is 1. The molecule has 2 amide bonds. The molecule has 2 aromatic rings. The van der Waals surface area contributed by atoms with Crippen molar-refractivity contribution in [2.24, 2.45) is 0 Å². The number of nitrogens with one attached hydrogen (secondary N) is 1. The topological polar surface area (TPSA) is 61.4 Å². The minimum atomic E-state index is -0.136. The summed E-state index contributed by atoms with van der Waals surface area (Å²) in [6.07, 6.45) is 1.64. The Hall–Kier alpha value is -2.63. The minimum Gasteiger partial charge on any atom is -0.373 e. The third kappa shape index (κ3) is 3.00. The van der Waals surface area contributed by atoms with Crippen LogP contribution in [0.4, 0.5) is 16.3 Å². The van der Waals surface area contributed by atoms with Crippen molar-refractivity contribution in [1.29, 1.82) is 0 Å². The summed E-state index contributed by atoms with van der Waals surface area (Å²) in [5.41, 5.74) is 2.33. The summed E-state index contributed by atoms with van der Waals surface area (Å²) >= 11 is 0. The number of likely N-dealkylation sites (N-methyl/N-ethyl adjacent to an activating group) is 1. The molecule has 6 nitrogen and oxygen atoms in total. The quantitative estimate of drug-likeness (QED) is 0.877. The maximum Gasteiger partial charge on any atom is 0.323 e. The Morgan fingerprint density at radius 2 is 2.05 bits per heavy atom. The summed E-state index contributed by atoms with van der Waals surface area (Å²) in [4.78, 5) is 24.7. The molecule has 0 saturated carbocycles. The van der Waals surface area contributed by atoms with Crippen molar-refractivity contribution in [3.63, 3.8) is 0 Å². The molecule has 0 unspecified atom stereocenters. The summed E-state index contributed by atoms with van der Waals surface area (Å²) in [5.74, 6) is 1.17. The fraction of sp³-hybridized carbons (Fsp3) is 0.312. The monoisotopic (exact) mass is 297 g/mol. The van der Waals surface area contributed by atoms with Crippen LogP contribution in [0.3, 0.4) is 0 Å². The highest BCUT2D eigenvalue weighted by Gasteiger charge is 2.21. The number of benzene rings is 1. The molecule has 3 rings (SSSR count). The summed E-state index contributed by atoms with van der Waals surface area (Å²) < 4.78 is 0. The lowest BCUT2D eigenvalue weighted by molar-refractivity contribution is 0.211. The van der Waals surface area contributed by atoms with E-state index in [0.29, 0.717) is 24.7 Å². The van der Waals surface area contributed by atoms with Gasteiger partial charge >= 0.3 is 6.03 Å². The molecular weight excluding hydrogens is 278 g/mol. The number of amides is 2. The molecule has 0 bridgehead atoms. The molecule has 1 aromatic heterocycles. The molecule has 1 aliphatic rings. The molecule has 6 heteroatoms. The van der Waals surface area contributed by atoms with E-state index in [1.54, 1.807) is 24.1 Å². The SMILES string of the molecule is Cc1nccc(NC(=O)N2CCN(C)c3ccccc3C2)n1. The number of carbonyl (C=O) groups is 1. The molecule has 2 heterocycles. The third-order valence-electron chi connectivity index (χ3n) is 3.77.